The Balaban J connectivity index is 3.32. The zero-order valence-electron chi connectivity index (χ0n) is 19.0. The van der Waals surface area contributed by atoms with E-state index in [0.717, 1.165) is 5.56 Å². The van der Waals surface area contributed by atoms with E-state index in [2.05, 4.69) is 78.3 Å². The quantitative estimate of drug-likeness (QED) is 0.211. The molecule has 0 aromatic heterocycles. The summed E-state index contributed by atoms with van der Waals surface area (Å²) in [6, 6.07) is 10.3. The van der Waals surface area contributed by atoms with E-state index in [9.17, 15) is 0 Å². The van der Waals surface area contributed by atoms with Gasteiger partial charge in [0, 0.05) is 6.21 Å². The first-order valence-corrected chi connectivity index (χ1v) is 16.2. The van der Waals surface area contributed by atoms with Crippen molar-refractivity contribution in [1.29, 1.82) is 0 Å². The molecule has 1 aromatic carbocycles. The average molecular weight is 440 g/mol. The molecule has 0 saturated carbocycles. The molecule has 0 saturated heterocycles. The molecule has 0 heterocycles. The van der Waals surface area contributed by atoms with E-state index in [0.29, 0.717) is 22.5 Å². The Labute approximate surface area is 179 Å². The second-order valence-corrected chi connectivity index (χ2v) is 19.3. The van der Waals surface area contributed by atoms with E-state index in [1.807, 2.05) is 24.4 Å². The lowest BCUT2D eigenvalue weighted by molar-refractivity contribution is 0.240. The summed E-state index contributed by atoms with van der Waals surface area (Å²) in [4.78, 5) is 4.58. The van der Waals surface area contributed by atoms with Crippen LogP contribution < -0.4 is 0 Å². The molecule has 0 aliphatic rings. The van der Waals surface area contributed by atoms with Crippen LogP contribution in [0.4, 0.5) is 0 Å². The van der Waals surface area contributed by atoms with Crippen molar-refractivity contribution >= 4 is 34.5 Å². The standard InChI is InChI=1S/C22H38ClNO2Si2/c1-17(2)28(18(3)4,19(5)6)25-21(20-13-11-10-12-14-20)16-24-22(15-23)26-27(7,8)9/h10-19,21H,1-9H3/b22-15-,24-16+/t21-/m1/s1. The van der Waals surface area contributed by atoms with Gasteiger partial charge in [-0.05, 0) is 41.8 Å². The van der Waals surface area contributed by atoms with E-state index in [4.69, 9.17) is 20.5 Å². The van der Waals surface area contributed by atoms with Gasteiger partial charge in [-0.2, -0.15) is 0 Å². The lowest BCUT2D eigenvalue weighted by Gasteiger charge is -2.44. The van der Waals surface area contributed by atoms with Gasteiger partial charge >= 0.3 is 0 Å². The predicted molar refractivity (Wildman–Crippen MR) is 128 cm³/mol. The van der Waals surface area contributed by atoms with Crippen LogP contribution in [0.5, 0.6) is 0 Å². The lowest BCUT2D eigenvalue weighted by atomic mass is 10.1. The minimum absolute atomic E-state index is 0.225. The monoisotopic (exact) mass is 439 g/mol. The normalized spacial score (nSPS) is 15.1. The first-order chi connectivity index (χ1) is 12.9. The highest BCUT2D eigenvalue weighted by Gasteiger charge is 2.46. The lowest BCUT2D eigenvalue weighted by Crippen LogP contribution is -2.48. The van der Waals surface area contributed by atoms with Crippen molar-refractivity contribution < 1.29 is 8.85 Å². The van der Waals surface area contributed by atoms with Crippen molar-refractivity contribution in [2.75, 3.05) is 0 Å². The zero-order chi connectivity index (χ0) is 21.5. The number of aliphatic imine (C=N–C) groups is 1. The molecule has 0 spiro atoms. The summed E-state index contributed by atoms with van der Waals surface area (Å²) in [5, 5.41) is 0. The van der Waals surface area contributed by atoms with Gasteiger partial charge < -0.3 is 8.85 Å². The third-order valence-corrected chi connectivity index (χ3v) is 12.1. The molecule has 0 aliphatic carbocycles. The Bertz CT molecular complexity index is 630. The topological polar surface area (TPSA) is 30.8 Å². The Morgan fingerprint density at radius 3 is 1.82 bits per heavy atom. The van der Waals surface area contributed by atoms with Crippen LogP contribution >= 0.6 is 11.6 Å². The first-order valence-electron chi connectivity index (χ1n) is 10.2. The third-order valence-electron chi connectivity index (χ3n) is 5.01. The van der Waals surface area contributed by atoms with Crippen molar-refractivity contribution in [3.8, 4) is 0 Å². The Morgan fingerprint density at radius 2 is 1.43 bits per heavy atom. The van der Waals surface area contributed by atoms with Gasteiger partial charge in [-0.15, -0.1) is 0 Å². The molecule has 1 atom stereocenters. The molecule has 28 heavy (non-hydrogen) atoms. The van der Waals surface area contributed by atoms with Crippen LogP contribution in [0, 0.1) is 0 Å². The first kappa shape index (κ1) is 25.2. The van der Waals surface area contributed by atoms with Crippen LogP contribution in [-0.4, -0.2) is 22.8 Å². The van der Waals surface area contributed by atoms with Crippen molar-refractivity contribution in [2.24, 2.45) is 4.99 Å². The van der Waals surface area contributed by atoms with E-state index in [1.165, 1.54) is 5.54 Å². The fraction of sp³-hybridized carbons (Fsp3) is 0.591. The van der Waals surface area contributed by atoms with Gasteiger partial charge in [0.15, 0.2) is 0 Å². The maximum absolute atomic E-state index is 7.01. The van der Waals surface area contributed by atoms with Gasteiger partial charge in [0.1, 0.15) is 6.10 Å². The van der Waals surface area contributed by atoms with Gasteiger partial charge in [0.05, 0.1) is 5.54 Å². The molecule has 1 rings (SSSR count). The van der Waals surface area contributed by atoms with E-state index < -0.39 is 16.6 Å². The van der Waals surface area contributed by atoms with Crippen molar-refractivity contribution in [2.45, 2.75) is 83.9 Å². The van der Waals surface area contributed by atoms with Crippen LogP contribution in [0.3, 0.4) is 0 Å². The molecule has 1 aromatic rings. The number of rotatable bonds is 10. The minimum Gasteiger partial charge on any atom is -0.531 e. The highest BCUT2D eigenvalue weighted by molar-refractivity contribution is 6.77. The van der Waals surface area contributed by atoms with Gasteiger partial charge in [0.25, 0.3) is 0 Å². The van der Waals surface area contributed by atoms with Crippen molar-refractivity contribution in [3.63, 3.8) is 0 Å². The van der Waals surface area contributed by atoms with E-state index >= 15 is 0 Å². The summed E-state index contributed by atoms with van der Waals surface area (Å²) in [5.41, 5.74) is 4.00. The fourth-order valence-corrected chi connectivity index (χ4v) is 10.4. The molecule has 0 amide bonds. The summed E-state index contributed by atoms with van der Waals surface area (Å²) in [5.74, 6) is 0.455. The van der Waals surface area contributed by atoms with Gasteiger partial charge in [-0.25, -0.2) is 4.99 Å². The second kappa shape index (κ2) is 10.8. The molecule has 0 fully saturated rings. The van der Waals surface area contributed by atoms with Gasteiger partial charge in [0.2, 0.25) is 22.5 Å². The number of hydrogen-bond donors (Lipinski definition) is 0. The minimum atomic E-state index is -2.08. The molecule has 6 heteroatoms. The SMILES string of the molecule is CC(C)[Si](O[C@H](/C=N/C(=C/Cl)O[Si](C)(C)C)c1ccccc1)(C(C)C)C(C)C. The molecule has 0 radical (unpaired) electrons. The van der Waals surface area contributed by atoms with Crippen LogP contribution in [0.2, 0.25) is 36.3 Å². The summed E-state index contributed by atoms with van der Waals surface area (Å²) >= 11 is 5.98. The Hall–Kier alpha value is -0.886. The average Bonchev–Trinajstić information content (AvgIpc) is 2.59. The molecule has 0 aliphatic heterocycles. The fourth-order valence-electron chi connectivity index (χ4n) is 3.99. The number of benzene rings is 1. The number of hydrogen-bond acceptors (Lipinski definition) is 3. The molecule has 3 nitrogen and oxygen atoms in total. The predicted octanol–water partition coefficient (Wildman–Crippen LogP) is 7.88. The van der Waals surface area contributed by atoms with Gasteiger partial charge in [-0.3, -0.25) is 0 Å². The summed E-state index contributed by atoms with van der Waals surface area (Å²) in [6.45, 7) is 20.1. The highest BCUT2D eigenvalue weighted by atomic mass is 35.5. The van der Waals surface area contributed by atoms with E-state index in [-0.39, 0.29) is 6.10 Å². The molecule has 158 valence electrons. The number of nitrogens with zero attached hydrogens (tertiary/aromatic N) is 1. The molecule has 0 unspecified atom stereocenters. The zero-order valence-corrected chi connectivity index (χ0v) is 21.7. The maximum atomic E-state index is 7.01. The summed E-state index contributed by atoms with van der Waals surface area (Å²) in [6.07, 6.45) is 1.63. The largest absolute Gasteiger partial charge is 0.531 e. The molecular formula is C22H38ClNO2Si2. The van der Waals surface area contributed by atoms with Crippen LogP contribution in [0.1, 0.15) is 53.2 Å². The van der Waals surface area contributed by atoms with Crippen LogP contribution in [0.15, 0.2) is 46.7 Å². The molecule has 0 N–H and O–H groups in total. The van der Waals surface area contributed by atoms with Crippen molar-refractivity contribution in [1.82, 2.24) is 0 Å². The van der Waals surface area contributed by atoms with Crippen LogP contribution in [0.25, 0.3) is 0 Å². The Kier molecular flexibility index (Phi) is 9.67. The molecule has 0 bridgehead atoms. The van der Waals surface area contributed by atoms with Crippen molar-refractivity contribution in [3.05, 3.63) is 47.3 Å². The molecular weight excluding hydrogens is 402 g/mol. The summed E-state index contributed by atoms with van der Waals surface area (Å²) < 4.78 is 13.0. The summed E-state index contributed by atoms with van der Waals surface area (Å²) in [7, 11) is -3.87. The Morgan fingerprint density at radius 1 is 0.929 bits per heavy atom. The highest BCUT2D eigenvalue weighted by Crippen LogP contribution is 2.44. The smallest absolute Gasteiger partial charge is 0.244 e. The second-order valence-electron chi connectivity index (χ2n) is 9.21. The third kappa shape index (κ3) is 6.87. The van der Waals surface area contributed by atoms with Crippen LogP contribution in [-0.2, 0) is 8.85 Å². The number of halogens is 1. The maximum Gasteiger partial charge on any atom is 0.244 e. The van der Waals surface area contributed by atoms with Gasteiger partial charge in [-0.1, -0.05) is 83.5 Å². The van der Waals surface area contributed by atoms with E-state index in [1.54, 1.807) is 0 Å².